The van der Waals surface area contributed by atoms with Crippen LogP contribution in [0.2, 0.25) is 0 Å². The lowest BCUT2D eigenvalue weighted by molar-refractivity contribution is 0.0187. The van der Waals surface area contributed by atoms with Crippen LogP contribution < -0.4 is 10.1 Å². The van der Waals surface area contributed by atoms with Gasteiger partial charge in [0.05, 0.1) is 17.5 Å². The summed E-state index contributed by atoms with van der Waals surface area (Å²) < 4.78 is 19.8. The van der Waals surface area contributed by atoms with Crippen LogP contribution in [0.25, 0.3) is 11.1 Å². The van der Waals surface area contributed by atoms with E-state index < -0.39 is 23.0 Å². The van der Waals surface area contributed by atoms with Crippen molar-refractivity contribution in [2.24, 2.45) is 0 Å². The molecule has 0 radical (unpaired) electrons. The molecule has 2 aliphatic heterocycles. The average Bonchev–Trinajstić information content (AvgIpc) is 2.62. The molecule has 142 valence electrons. The molecule has 0 amide bonds. The second-order valence-electron chi connectivity index (χ2n) is 6.85. The molecule has 5 nitrogen and oxygen atoms in total. The largest absolute Gasteiger partial charge is 0.486 e. The van der Waals surface area contributed by atoms with E-state index in [1.807, 2.05) is 0 Å². The normalized spacial score (nSPS) is 17.6. The smallest absolute Gasteiger partial charge is 0.338 e. The number of fused-ring (bicyclic) bond motifs is 1. The highest BCUT2D eigenvalue weighted by atomic mass is 35.5. The van der Waals surface area contributed by atoms with Crippen LogP contribution in [0.5, 0.6) is 5.75 Å². The summed E-state index contributed by atoms with van der Waals surface area (Å²) >= 11 is 0. The van der Waals surface area contributed by atoms with E-state index in [9.17, 15) is 14.0 Å². The SMILES string of the molecule is Cl.O=C(O)c1cc(-c2ccc3c(c2)C(=O)CC2(CCNCC2)O3)ccc1F. The quantitative estimate of drug-likeness (QED) is 0.816. The van der Waals surface area contributed by atoms with Crippen LogP contribution in [0.1, 0.15) is 40.0 Å². The van der Waals surface area contributed by atoms with Crippen molar-refractivity contribution in [3.63, 3.8) is 0 Å². The molecule has 27 heavy (non-hydrogen) atoms. The summed E-state index contributed by atoms with van der Waals surface area (Å²) in [6.07, 6.45) is 1.93. The van der Waals surface area contributed by atoms with Crippen LogP contribution in [-0.4, -0.2) is 35.5 Å². The number of rotatable bonds is 2. The van der Waals surface area contributed by atoms with Gasteiger partial charge in [-0.15, -0.1) is 12.4 Å². The number of hydrogen-bond donors (Lipinski definition) is 2. The third-order valence-electron chi connectivity index (χ3n) is 5.13. The van der Waals surface area contributed by atoms with Gasteiger partial charge in [-0.25, -0.2) is 9.18 Å². The Kier molecular flexibility index (Phi) is 5.22. The molecule has 0 atom stereocenters. The molecule has 2 aromatic carbocycles. The van der Waals surface area contributed by atoms with E-state index in [-0.39, 0.29) is 18.2 Å². The fourth-order valence-electron chi connectivity index (χ4n) is 3.70. The van der Waals surface area contributed by atoms with E-state index in [0.717, 1.165) is 32.0 Å². The van der Waals surface area contributed by atoms with E-state index in [4.69, 9.17) is 9.84 Å². The molecular weight excluding hydrogens is 373 g/mol. The molecular formula is C20H19ClFNO4. The third kappa shape index (κ3) is 3.55. The van der Waals surface area contributed by atoms with Gasteiger partial charge >= 0.3 is 5.97 Å². The summed E-state index contributed by atoms with van der Waals surface area (Å²) in [4.78, 5) is 23.9. The first-order chi connectivity index (χ1) is 12.5. The lowest BCUT2D eigenvalue weighted by Gasteiger charge is -2.41. The number of hydrogen-bond acceptors (Lipinski definition) is 4. The van der Waals surface area contributed by atoms with Gasteiger partial charge in [-0.2, -0.15) is 0 Å². The number of carbonyl (C=O) groups excluding carboxylic acids is 1. The summed E-state index contributed by atoms with van der Waals surface area (Å²) in [6.45, 7) is 1.66. The number of aromatic carboxylic acids is 1. The third-order valence-corrected chi connectivity index (χ3v) is 5.13. The number of nitrogens with one attached hydrogen (secondary N) is 1. The molecule has 2 N–H and O–H groups in total. The van der Waals surface area contributed by atoms with Crippen molar-refractivity contribution in [1.82, 2.24) is 5.32 Å². The summed E-state index contributed by atoms with van der Waals surface area (Å²) in [5, 5.41) is 12.4. The Morgan fingerprint density at radius 1 is 1.11 bits per heavy atom. The molecule has 1 spiro atoms. The van der Waals surface area contributed by atoms with Gasteiger partial charge in [0.25, 0.3) is 0 Å². The highest BCUT2D eigenvalue weighted by Gasteiger charge is 2.41. The van der Waals surface area contributed by atoms with Crippen LogP contribution in [0.4, 0.5) is 4.39 Å². The maximum absolute atomic E-state index is 13.6. The predicted octanol–water partition coefficient (Wildman–Crippen LogP) is 3.70. The van der Waals surface area contributed by atoms with Crippen LogP contribution in [-0.2, 0) is 0 Å². The zero-order valence-corrected chi connectivity index (χ0v) is 15.3. The molecule has 0 unspecified atom stereocenters. The lowest BCUT2D eigenvalue weighted by atomic mass is 9.82. The number of carboxylic acid groups (broad SMARTS) is 1. The van der Waals surface area contributed by atoms with Crippen molar-refractivity contribution in [3.05, 3.63) is 53.3 Å². The van der Waals surface area contributed by atoms with Crippen LogP contribution in [0.15, 0.2) is 36.4 Å². The van der Waals surface area contributed by atoms with Gasteiger partial charge in [0.15, 0.2) is 5.78 Å². The van der Waals surface area contributed by atoms with Gasteiger partial charge in [-0.3, -0.25) is 4.79 Å². The molecule has 2 heterocycles. The zero-order valence-electron chi connectivity index (χ0n) is 14.5. The molecule has 0 bridgehead atoms. The van der Waals surface area contributed by atoms with Crippen molar-refractivity contribution >= 4 is 24.2 Å². The first-order valence-electron chi connectivity index (χ1n) is 8.58. The van der Waals surface area contributed by atoms with Crippen LogP contribution >= 0.6 is 12.4 Å². The van der Waals surface area contributed by atoms with Crippen LogP contribution in [0.3, 0.4) is 0 Å². The Hall–Kier alpha value is -2.44. The number of benzene rings is 2. The van der Waals surface area contributed by atoms with E-state index in [0.29, 0.717) is 28.9 Å². The summed E-state index contributed by atoms with van der Waals surface area (Å²) in [7, 11) is 0. The maximum Gasteiger partial charge on any atom is 0.338 e. The van der Waals surface area contributed by atoms with Gasteiger partial charge in [-0.1, -0.05) is 12.1 Å². The Morgan fingerprint density at radius 2 is 1.78 bits per heavy atom. The number of halogens is 2. The molecule has 2 aromatic rings. The van der Waals surface area contributed by atoms with Crippen molar-refractivity contribution in [3.8, 4) is 16.9 Å². The Balaban J connectivity index is 0.00000210. The van der Waals surface area contributed by atoms with Gasteiger partial charge in [0.1, 0.15) is 17.2 Å². The summed E-state index contributed by atoms with van der Waals surface area (Å²) in [5.41, 5.74) is 0.874. The first-order valence-corrected chi connectivity index (χ1v) is 8.58. The molecule has 0 saturated carbocycles. The minimum Gasteiger partial charge on any atom is -0.486 e. The van der Waals surface area contributed by atoms with Crippen molar-refractivity contribution in [1.29, 1.82) is 0 Å². The number of ketones is 1. The lowest BCUT2D eigenvalue weighted by Crippen LogP contribution is -2.49. The van der Waals surface area contributed by atoms with E-state index in [1.165, 1.54) is 12.1 Å². The minimum absolute atomic E-state index is 0. The molecule has 0 aromatic heterocycles. The Morgan fingerprint density at radius 3 is 2.48 bits per heavy atom. The van der Waals surface area contributed by atoms with Gasteiger partial charge in [0.2, 0.25) is 0 Å². The fourth-order valence-corrected chi connectivity index (χ4v) is 3.70. The standard InChI is InChI=1S/C20H18FNO4.ClH/c21-16-3-1-12(9-14(16)19(24)25)13-2-4-18-15(10-13)17(23)11-20(26-18)5-7-22-8-6-20;/h1-4,9-10,22H,5-8,11H2,(H,24,25);1H. The molecule has 1 saturated heterocycles. The van der Waals surface area contributed by atoms with Crippen molar-refractivity contribution < 1.29 is 23.8 Å². The molecule has 1 fully saturated rings. The maximum atomic E-state index is 13.6. The Bertz CT molecular complexity index is 909. The monoisotopic (exact) mass is 391 g/mol. The summed E-state index contributed by atoms with van der Waals surface area (Å²) in [6, 6.07) is 9.12. The summed E-state index contributed by atoms with van der Waals surface area (Å²) in [5.74, 6) is -1.52. The minimum atomic E-state index is -1.32. The average molecular weight is 392 g/mol. The molecule has 0 aliphatic carbocycles. The molecule has 2 aliphatic rings. The topological polar surface area (TPSA) is 75.6 Å². The number of ether oxygens (including phenoxy) is 1. The van der Waals surface area contributed by atoms with Crippen molar-refractivity contribution in [2.45, 2.75) is 24.9 Å². The predicted molar refractivity (Wildman–Crippen MR) is 100 cm³/mol. The number of piperidine rings is 1. The molecule has 7 heteroatoms. The fraction of sp³-hybridized carbons (Fsp3) is 0.300. The van der Waals surface area contributed by atoms with Crippen molar-refractivity contribution in [2.75, 3.05) is 13.1 Å². The van der Waals surface area contributed by atoms with Crippen LogP contribution in [0, 0.1) is 5.82 Å². The second-order valence-corrected chi connectivity index (χ2v) is 6.85. The van der Waals surface area contributed by atoms with Gasteiger partial charge in [-0.05, 0) is 48.5 Å². The Labute approximate surface area is 161 Å². The zero-order chi connectivity index (χ0) is 18.3. The highest BCUT2D eigenvalue weighted by Crippen LogP contribution is 2.39. The number of carboxylic acids is 1. The van der Waals surface area contributed by atoms with E-state index in [1.54, 1.807) is 18.2 Å². The van der Waals surface area contributed by atoms with Gasteiger partial charge in [0, 0.05) is 12.8 Å². The first kappa shape index (κ1) is 19.3. The number of Topliss-reactive ketones (excluding diaryl/α,β-unsaturated/α-hetero) is 1. The van der Waals surface area contributed by atoms with Gasteiger partial charge < -0.3 is 15.2 Å². The highest BCUT2D eigenvalue weighted by molar-refractivity contribution is 6.01. The molecule has 4 rings (SSSR count). The van der Waals surface area contributed by atoms with E-state index in [2.05, 4.69) is 5.32 Å². The number of carbonyl (C=O) groups is 2. The second kappa shape index (κ2) is 7.29. The van der Waals surface area contributed by atoms with E-state index >= 15 is 0 Å².